The van der Waals surface area contributed by atoms with Crippen molar-refractivity contribution >= 4 is 19.7 Å². The van der Waals surface area contributed by atoms with Gasteiger partial charge in [0.25, 0.3) is 0 Å². The highest BCUT2D eigenvalue weighted by Crippen LogP contribution is 2.19. The Hall–Kier alpha value is -1.70. The van der Waals surface area contributed by atoms with E-state index in [4.69, 9.17) is 4.74 Å². The third-order valence-electron chi connectivity index (χ3n) is 4.31. The SMILES string of the molecule is CCC(CS(=O)(=O)c1ccccc1)OC(CC)CS(=O)(=O)c1ccccc1. The van der Waals surface area contributed by atoms with Crippen LogP contribution in [-0.2, 0) is 24.4 Å². The first-order chi connectivity index (χ1) is 12.8. The van der Waals surface area contributed by atoms with Crippen LogP contribution in [0.15, 0.2) is 70.5 Å². The largest absolute Gasteiger partial charge is 0.373 e. The molecule has 5 nitrogen and oxygen atoms in total. The van der Waals surface area contributed by atoms with Crippen LogP contribution in [0.1, 0.15) is 26.7 Å². The third-order valence-corrected chi connectivity index (χ3v) is 7.91. The van der Waals surface area contributed by atoms with Crippen LogP contribution in [0.2, 0.25) is 0 Å². The molecule has 2 aromatic carbocycles. The minimum absolute atomic E-state index is 0.171. The van der Waals surface area contributed by atoms with Crippen molar-refractivity contribution in [3.63, 3.8) is 0 Å². The Morgan fingerprint density at radius 3 is 1.30 bits per heavy atom. The molecule has 2 unspecified atom stereocenters. The van der Waals surface area contributed by atoms with Crippen LogP contribution in [0.5, 0.6) is 0 Å². The summed E-state index contributed by atoms with van der Waals surface area (Å²) in [4.78, 5) is 0.494. The summed E-state index contributed by atoms with van der Waals surface area (Å²) in [5.41, 5.74) is 0. The summed E-state index contributed by atoms with van der Waals surface area (Å²) in [6, 6.07) is 16.4. The van der Waals surface area contributed by atoms with E-state index in [0.29, 0.717) is 12.8 Å². The highest BCUT2D eigenvalue weighted by Gasteiger charge is 2.26. The van der Waals surface area contributed by atoms with Crippen LogP contribution in [0.4, 0.5) is 0 Å². The van der Waals surface area contributed by atoms with Crippen LogP contribution < -0.4 is 0 Å². The lowest BCUT2D eigenvalue weighted by molar-refractivity contribution is 0.00875. The number of sulfone groups is 2. The number of ether oxygens (including phenoxy) is 1. The van der Waals surface area contributed by atoms with Gasteiger partial charge in [-0.1, -0.05) is 50.2 Å². The quantitative estimate of drug-likeness (QED) is 0.599. The van der Waals surface area contributed by atoms with Crippen molar-refractivity contribution in [2.45, 2.75) is 48.7 Å². The maximum atomic E-state index is 12.6. The van der Waals surface area contributed by atoms with E-state index in [9.17, 15) is 16.8 Å². The van der Waals surface area contributed by atoms with Crippen molar-refractivity contribution in [2.24, 2.45) is 0 Å². The Morgan fingerprint density at radius 1 is 0.667 bits per heavy atom. The number of hydrogen-bond acceptors (Lipinski definition) is 5. The average Bonchev–Trinajstić information content (AvgIpc) is 2.68. The molecule has 0 aliphatic carbocycles. The van der Waals surface area contributed by atoms with Gasteiger partial charge in [0, 0.05) is 0 Å². The van der Waals surface area contributed by atoms with Crippen molar-refractivity contribution in [3.8, 4) is 0 Å². The molecule has 0 aliphatic rings. The molecule has 0 heterocycles. The summed E-state index contributed by atoms with van der Waals surface area (Å²) < 4.78 is 56.2. The van der Waals surface area contributed by atoms with Crippen molar-refractivity contribution in [1.29, 1.82) is 0 Å². The van der Waals surface area contributed by atoms with Crippen LogP contribution in [0.3, 0.4) is 0 Å². The highest BCUT2D eigenvalue weighted by atomic mass is 32.2. The fourth-order valence-corrected chi connectivity index (χ4v) is 5.85. The van der Waals surface area contributed by atoms with Crippen molar-refractivity contribution in [1.82, 2.24) is 0 Å². The maximum absolute atomic E-state index is 12.6. The van der Waals surface area contributed by atoms with Gasteiger partial charge in [-0.2, -0.15) is 0 Å². The van der Waals surface area contributed by atoms with E-state index in [0.717, 1.165) is 0 Å². The zero-order valence-corrected chi connectivity index (χ0v) is 17.2. The van der Waals surface area contributed by atoms with Crippen molar-refractivity contribution in [3.05, 3.63) is 60.7 Å². The molecule has 27 heavy (non-hydrogen) atoms. The number of benzene rings is 2. The van der Waals surface area contributed by atoms with Gasteiger partial charge < -0.3 is 4.74 Å². The molecule has 0 bridgehead atoms. The van der Waals surface area contributed by atoms with Gasteiger partial charge in [-0.3, -0.25) is 0 Å². The summed E-state index contributed by atoms with van der Waals surface area (Å²) in [5, 5.41) is 0. The molecule has 2 rings (SSSR count). The van der Waals surface area contributed by atoms with Crippen LogP contribution >= 0.6 is 0 Å². The number of rotatable bonds is 10. The first-order valence-electron chi connectivity index (χ1n) is 8.99. The standard InChI is InChI=1S/C20H26O5S2/c1-3-17(15-26(21,22)19-11-7-5-8-12-19)25-18(4-2)16-27(23,24)20-13-9-6-10-14-20/h5-14,17-18H,3-4,15-16H2,1-2H3. The van der Waals surface area contributed by atoms with E-state index in [1.165, 1.54) is 0 Å². The first-order valence-corrected chi connectivity index (χ1v) is 12.3. The zero-order chi connectivity index (χ0) is 19.9. The van der Waals surface area contributed by atoms with Gasteiger partial charge >= 0.3 is 0 Å². The Balaban J connectivity index is 2.09. The first kappa shape index (κ1) is 21.6. The molecule has 148 valence electrons. The maximum Gasteiger partial charge on any atom is 0.180 e. The van der Waals surface area contributed by atoms with Gasteiger partial charge in [0.15, 0.2) is 19.7 Å². The molecule has 0 N–H and O–H groups in total. The lowest BCUT2D eigenvalue weighted by Gasteiger charge is -2.23. The second-order valence-electron chi connectivity index (χ2n) is 6.39. The average molecular weight is 411 g/mol. The molecule has 7 heteroatoms. The van der Waals surface area contributed by atoms with E-state index < -0.39 is 31.9 Å². The predicted octanol–water partition coefficient (Wildman–Crippen LogP) is 3.51. The molecule has 0 saturated carbocycles. The second-order valence-corrected chi connectivity index (χ2v) is 10.5. The minimum Gasteiger partial charge on any atom is -0.373 e. The smallest absolute Gasteiger partial charge is 0.180 e. The zero-order valence-electron chi connectivity index (χ0n) is 15.6. The van der Waals surface area contributed by atoms with Gasteiger partial charge in [-0.15, -0.1) is 0 Å². The number of hydrogen-bond donors (Lipinski definition) is 0. The summed E-state index contributed by atoms with van der Waals surface area (Å²) in [7, 11) is -6.99. The minimum atomic E-state index is -3.50. The summed E-state index contributed by atoms with van der Waals surface area (Å²) >= 11 is 0. The normalized spacial score (nSPS) is 14.6. The van der Waals surface area contributed by atoms with E-state index in [1.807, 2.05) is 13.8 Å². The van der Waals surface area contributed by atoms with E-state index in [-0.39, 0.29) is 21.3 Å². The Kier molecular flexibility index (Phi) is 7.59. The molecule has 0 fully saturated rings. The third kappa shape index (κ3) is 6.16. The predicted molar refractivity (Wildman–Crippen MR) is 106 cm³/mol. The second kappa shape index (κ2) is 9.48. The van der Waals surface area contributed by atoms with Gasteiger partial charge in [0.2, 0.25) is 0 Å². The van der Waals surface area contributed by atoms with Crippen LogP contribution in [-0.4, -0.2) is 40.5 Å². The summed E-state index contributed by atoms with van der Waals surface area (Å²) in [6.45, 7) is 3.67. The summed E-state index contributed by atoms with van der Waals surface area (Å²) in [5.74, 6) is -0.342. The van der Waals surface area contributed by atoms with Gasteiger partial charge in [0.1, 0.15) is 0 Å². The Labute approximate surface area is 162 Å². The molecule has 0 amide bonds. The molecule has 2 atom stereocenters. The molecule has 2 aromatic rings. The van der Waals surface area contributed by atoms with Crippen LogP contribution in [0, 0.1) is 0 Å². The van der Waals surface area contributed by atoms with E-state index in [1.54, 1.807) is 60.7 Å². The fourth-order valence-electron chi connectivity index (χ4n) is 2.72. The van der Waals surface area contributed by atoms with Crippen molar-refractivity contribution < 1.29 is 21.6 Å². The monoisotopic (exact) mass is 410 g/mol. The Bertz CT molecular complexity index is 830. The lowest BCUT2D eigenvalue weighted by atomic mass is 10.2. The van der Waals surface area contributed by atoms with E-state index >= 15 is 0 Å². The molecular weight excluding hydrogens is 384 g/mol. The molecule has 0 spiro atoms. The van der Waals surface area contributed by atoms with Crippen LogP contribution in [0.25, 0.3) is 0 Å². The van der Waals surface area contributed by atoms with Crippen molar-refractivity contribution in [2.75, 3.05) is 11.5 Å². The molecular formula is C20H26O5S2. The highest BCUT2D eigenvalue weighted by molar-refractivity contribution is 7.91. The van der Waals surface area contributed by atoms with Gasteiger partial charge in [-0.05, 0) is 37.1 Å². The van der Waals surface area contributed by atoms with E-state index in [2.05, 4.69) is 0 Å². The molecule has 0 radical (unpaired) electrons. The Morgan fingerprint density at radius 2 is 1.00 bits per heavy atom. The molecule has 0 aliphatic heterocycles. The lowest BCUT2D eigenvalue weighted by Crippen LogP contribution is -2.32. The van der Waals surface area contributed by atoms with Gasteiger partial charge in [-0.25, -0.2) is 16.8 Å². The topological polar surface area (TPSA) is 77.5 Å². The molecule has 0 saturated heterocycles. The van der Waals surface area contributed by atoms with Gasteiger partial charge in [0.05, 0.1) is 33.5 Å². The summed E-state index contributed by atoms with van der Waals surface area (Å²) in [6.07, 6.45) is -0.167. The molecule has 0 aromatic heterocycles. The fraction of sp³-hybridized carbons (Fsp3) is 0.400.